The lowest BCUT2D eigenvalue weighted by Crippen LogP contribution is -2.13. The summed E-state index contributed by atoms with van der Waals surface area (Å²) in [6, 6.07) is 9.38. The molecule has 0 radical (unpaired) electrons. The van der Waals surface area contributed by atoms with Crippen molar-refractivity contribution in [1.29, 1.82) is 0 Å². The molecule has 0 atom stereocenters. The topological polar surface area (TPSA) is 38.3 Å². The average molecular weight is 341 g/mol. The van der Waals surface area contributed by atoms with E-state index in [-0.39, 0.29) is 5.69 Å². The van der Waals surface area contributed by atoms with Gasteiger partial charge in [-0.1, -0.05) is 0 Å². The highest BCUT2D eigenvalue weighted by Crippen LogP contribution is 2.30. The van der Waals surface area contributed by atoms with E-state index >= 15 is 0 Å². The molecule has 23 heavy (non-hydrogen) atoms. The van der Waals surface area contributed by atoms with Crippen LogP contribution in [-0.2, 0) is 6.18 Å². The second-order valence-electron chi connectivity index (χ2n) is 4.60. The standard InChI is InChI=1S/C16H14F3NO2S/c1-22-14-9-12(23-2)7-8-13(14)15(21)20-11-5-3-10(4-6-11)16(17,18)19/h3-9H,1-2H3,(H,20,21). The Morgan fingerprint density at radius 1 is 1.13 bits per heavy atom. The molecule has 0 aliphatic carbocycles. The number of hydrogen-bond acceptors (Lipinski definition) is 3. The molecule has 122 valence electrons. The van der Waals surface area contributed by atoms with Gasteiger partial charge in [0.05, 0.1) is 18.2 Å². The van der Waals surface area contributed by atoms with Gasteiger partial charge in [0.1, 0.15) is 5.75 Å². The van der Waals surface area contributed by atoms with Crippen LogP contribution in [-0.4, -0.2) is 19.3 Å². The molecule has 2 rings (SSSR count). The molecule has 7 heteroatoms. The maximum Gasteiger partial charge on any atom is 0.416 e. The Morgan fingerprint density at radius 3 is 2.30 bits per heavy atom. The van der Waals surface area contributed by atoms with Crippen LogP contribution in [0.15, 0.2) is 47.4 Å². The van der Waals surface area contributed by atoms with Crippen LogP contribution in [0.5, 0.6) is 5.75 Å². The number of ether oxygens (including phenoxy) is 1. The van der Waals surface area contributed by atoms with E-state index in [2.05, 4.69) is 5.32 Å². The number of halogens is 3. The molecule has 0 saturated carbocycles. The summed E-state index contributed by atoms with van der Waals surface area (Å²) in [6.07, 6.45) is -2.50. The van der Waals surface area contributed by atoms with Crippen molar-refractivity contribution in [2.24, 2.45) is 0 Å². The van der Waals surface area contributed by atoms with Crippen LogP contribution in [0.1, 0.15) is 15.9 Å². The van der Waals surface area contributed by atoms with Crippen LogP contribution in [0.2, 0.25) is 0 Å². The van der Waals surface area contributed by atoms with Gasteiger partial charge in [0, 0.05) is 10.6 Å². The Hall–Kier alpha value is -2.15. The molecular formula is C16H14F3NO2S. The number of carbonyl (C=O) groups is 1. The van der Waals surface area contributed by atoms with E-state index in [1.807, 2.05) is 6.26 Å². The van der Waals surface area contributed by atoms with Gasteiger partial charge >= 0.3 is 6.18 Å². The number of nitrogens with one attached hydrogen (secondary N) is 1. The third-order valence-corrected chi connectivity index (χ3v) is 3.85. The smallest absolute Gasteiger partial charge is 0.416 e. The second-order valence-corrected chi connectivity index (χ2v) is 5.48. The molecule has 3 nitrogen and oxygen atoms in total. The number of thioether (sulfide) groups is 1. The van der Waals surface area contributed by atoms with Crippen molar-refractivity contribution in [3.63, 3.8) is 0 Å². The summed E-state index contributed by atoms with van der Waals surface area (Å²) in [6.45, 7) is 0. The summed E-state index contributed by atoms with van der Waals surface area (Å²) in [5.41, 5.74) is -0.179. The number of methoxy groups -OCH3 is 1. The monoisotopic (exact) mass is 341 g/mol. The Bertz CT molecular complexity index is 699. The normalized spacial score (nSPS) is 11.2. The Kier molecular flexibility index (Phi) is 5.20. The van der Waals surface area contributed by atoms with Crippen LogP contribution in [0.3, 0.4) is 0 Å². The molecule has 0 fully saturated rings. The fourth-order valence-electron chi connectivity index (χ4n) is 1.93. The van der Waals surface area contributed by atoms with Gasteiger partial charge in [-0.3, -0.25) is 4.79 Å². The molecule has 0 bridgehead atoms. The van der Waals surface area contributed by atoms with E-state index < -0.39 is 17.6 Å². The van der Waals surface area contributed by atoms with Crippen LogP contribution in [0.4, 0.5) is 18.9 Å². The molecule has 2 aromatic rings. The third-order valence-electron chi connectivity index (χ3n) is 3.12. The molecule has 0 aliphatic rings. The van der Waals surface area contributed by atoms with Crippen LogP contribution < -0.4 is 10.1 Å². The third kappa shape index (κ3) is 4.19. The molecule has 2 aromatic carbocycles. The van der Waals surface area contributed by atoms with Gasteiger partial charge in [-0.15, -0.1) is 11.8 Å². The van der Waals surface area contributed by atoms with E-state index in [9.17, 15) is 18.0 Å². The first-order chi connectivity index (χ1) is 10.8. The quantitative estimate of drug-likeness (QED) is 0.820. The lowest BCUT2D eigenvalue weighted by molar-refractivity contribution is -0.137. The number of alkyl halides is 3. The summed E-state index contributed by atoms with van der Waals surface area (Å²) in [5, 5.41) is 2.56. The lowest BCUT2D eigenvalue weighted by Gasteiger charge is -2.11. The van der Waals surface area contributed by atoms with Gasteiger partial charge in [0.25, 0.3) is 5.91 Å². The Labute approximate surface area is 135 Å². The number of hydrogen-bond donors (Lipinski definition) is 1. The Balaban J connectivity index is 2.19. The van der Waals surface area contributed by atoms with Gasteiger partial charge < -0.3 is 10.1 Å². The maximum absolute atomic E-state index is 12.5. The minimum Gasteiger partial charge on any atom is -0.496 e. The van der Waals surface area contributed by atoms with Crippen molar-refractivity contribution in [2.45, 2.75) is 11.1 Å². The first kappa shape index (κ1) is 17.2. The van der Waals surface area contributed by atoms with Crippen molar-refractivity contribution in [3.8, 4) is 5.75 Å². The van der Waals surface area contributed by atoms with Gasteiger partial charge in [-0.2, -0.15) is 13.2 Å². The molecule has 0 unspecified atom stereocenters. The summed E-state index contributed by atoms with van der Waals surface area (Å²) >= 11 is 1.51. The molecule has 1 N–H and O–H groups in total. The van der Waals surface area contributed by atoms with Crippen LogP contribution in [0.25, 0.3) is 0 Å². The maximum atomic E-state index is 12.5. The Morgan fingerprint density at radius 2 is 1.78 bits per heavy atom. The summed E-state index contributed by atoms with van der Waals surface area (Å²) in [7, 11) is 1.45. The van der Waals surface area contributed by atoms with Gasteiger partial charge in [0.2, 0.25) is 0 Å². The number of rotatable bonds is 4. The molecule has 0 spiro atoms. The largest absolute Gasteiger partial charge is 0.496 e. The fraction of sp³-hybridized carbons (Fsp3) is 0.188. The molecule has 0 saturated heterocycles. The summed E-state index contributed by atoms with van der Waals surface area (Å²) < 4.78 is 42.7. The van der Waals surface area contributed by atoms with Crippen molar-refractivity contribution in [2.75, 3.05) is 18.7 Å². The van der Waals surface area contributed by atoms with Crippen molar-refractivity contribution in [1.82, 2.24) is 0 Å². The minimum atomic E-state index is -4.40. The first-order valence-corrected chi connectivity index (χ1v) is 7.78. The molecule has 0 heterocycles. The van der Waals surface area contributed by atoms with E-state index in [1.165, 1.54) is 31.0 Å². The first-order valence-electron chi connectivity index (χ1n) is 6.56. The average Bonchev–Trinajstić information content (AvgIpc) is 2.53. The van der Waals surface area contributed by atoms with Gasteiger partial charge in [0.15, 0.2) is 0 Å². The number of anilines is 1. The van der Waals surface area contributed by atoms with Gasteiger partial charge in [-0.25, -0.2) is 0 Å². The molecule has 1 amide bonds. The van der Waals surface area contributed by atoms with E-state index in [1.54, 1.807) is 18.2 Å². The summed E-state index contributed by atoms with van der Waals surface area (Å²) in [4.78, 5) is 13.2. The molecule has 0 aromatic heterocycles. The zero-order chi connectivity index (χ0) is 17.0. The highest BCUT2D eigenvalue weighted by Gasteiger charge is 2.30. The fourth-order valence-corrected chi connectivity index (χ4v) is 2.36. The highest BCUT2D eigenvalue weighted by molar-refractivity contribution is 7.98. The van der Waals surface area contributed by atoms with Crippen LogP contribution >= 0.6 is 11.8 Å². The van der Waals surface area contributed by atoms with Crippen molar-refractivity contribution < 1.29 is 22.7 Å². The SMILES string of the molecule is COc1cc(SC)ccc1C(=O)Nc1ccc(C(F)(F)F)cc1. The zero-order valence-electron chi connectivity index (χ0n) is 12.4. The summed E-state index contributed by atoms with van der Waals surface area (Å²) in [5.74, 6) is -0.0458. The lowest BCUT2D eigenvalue weighted by atomic mass is 10.1. The number of benzene rings is 2. The highest BCUT2D eigenvalue weighted by atomic mass is 32.2. The van der Waals surface area contributed by atoms with E-state index in [0.29, 0.717) is 11.3 Å². The number of carbonyl (C=O) groups excluding carboxylic acids is 1. The number of amides is 1. The minimum absolute atomic E-state index is 0.277. The van der Waals surface area contributed by atoms with Gasteiger partial charge in [-0.05, 0) is 48.7 Å². The van der Waals surface area contributed by atoms with E-state index in [0.717, 1.165) is 17.0 Å². The van der Waals surface area contributed by atoms with Crippen molar-refractivity contribution in [3.05, 3.63) is 53.6 Å². The molecule has 0 aliphatic heterocycles. The predicted molar refractivity (Wildman–Crippen MR) is 84.2 cm³/mol. The van der Waals surface area contributed by atoms with E-state index in [4.69, 9.17) is 4.74 Å². The predicted octanol–water partition coefficient (Wildman–Crippen LogP) is 4.69. The second kappa shape index (κ2) is 6.95. The van der Waals surface area contributed by atoms with Crippen molar-refractivity contribution >= 4 is 23.4 Å². The molecular weight excluding hydrogens is 327 g/mol. The zero-order valence-corrected chi connectivity index (χ0v) is 13.2. The van der Waals surface area contributed by atoms with Crippen LogP contribution in [0, 0.1) is 0 Å².